The summed E-state index contributed by atoms with van der Waals surface area (Å²) in [5, 5.41) is 2.65. The highest BCUT2D eigenvalue weighted by Crippen LogP contribution is 2.09. The van der Waals surface area contributed by atoms with Gasteiger partial charge in [0.05, 0.1) is 19.6 Å². The van der Waals surface area contributed by atoms with Gasteiger partial charge in [-0.05, 0) is 0 Å². The molecule has 1 aliphatic heterocycles. The first kappa shape index (κ1) is 10.7. The molecule has 0 saturated heterocycles. The molecule has 5 heteroatoms. The first-order valence-corrected chi connectivity index (χ1v) is 5.22. The van der Waals surface area contributed by atoms with Gasteiger partial charge in [0, 0.05) is 25.5 Å². The highest BCUT2D eigenvalue weighted by atomic mass is 16.2. The van der Waals surface area contributed by atoms with Gasteiger partial charge in [0.1, 0.15) is 5.82 Å². The molecular formula is C11H14N4O. The largest absolute Gasteiger partial charge is 0.344 e. The number of nitrogens with zero attached hydrogens (tertiary/aromatic N) is 3. The fraction of sp³-hybridized carbons (Fsp3) is 0.455. The van der Waals surface area contributed by atoms with E-state index in [1.165, 1.54) is 0 Å². The summed E-state index contributed by atoms with van der Waals surface area (Å²) in [7, 11) is 0. The Labute approximate surface area is 94.5 Å². The molecule has 5 nitrogen and oxygen atoms in total. The van der Waals surface area contributed by atoms with Crippen LogP contribution in [0.1, 0.15) is 5.82 Å². The van der Waals surface area contributed by atoms with Crippen LogP contribution >= 0.6 is 0 Å². The Bertz CT molecular complexity index is 418. The fourth-order valence-electron chi connectivity index (χ4n) is 1.77. The van der Waals surface area contributed by atoms with E-state index in [1.807, 2.05) is 6.20 Å². The molecule has 0 aromatic carbocycles. The highest BCUT2D eigenvalue weighted by molar-refractivity contribution is 5.78. The van der Waals surface area contributed by atoms with Crippen LogP contribution in [0.25, 0.3) is 0 Å². The highest BCUT2D eigenvalue weighted by Gasteiger charge is 2.18. The van der Waals surface area contributed by atoms with Crippen LogP contribution in [-0.4, -0.2) is 40.0 Å². The van der Waals surface area contributed by atoms with Crippen molar-refractivity contribution in [1.29, 1.82) is 0 Å². The molecule has 0 aliphatic carbocycles. The van der Waals surface area contributed by atoms with Crippen LogP contribution in [0.5, 0.6) is 0 Å². The Morgan fingerprint density at radius 2 is 2.50 bits per heavy atom. The van der Waals surface area contributed by atoms with Gasteiger partial charge in [0.15, 0.2) is 0 Å². The van der Waals surface area contributed by atoms with Crippen LogP contribution < -0.4 is 5.32 Å². The second-order valence-corrected chi connectivity index (χ2v) is 3.73. The van der Waals surface area contributed by atoms with E-state index in [-0.39, 0.29) is 5.91 Å². The summed E-state index contributed by atoms with van der Waals surface area (Å²) in [5.41, 5.74) is 0. The van der Waals surface area contributed by atoms with Gasteiger partial charge in [-0.25, -0.2) is 4.98 Å². The minimum Gasteiger partial charge on any atom is -0.344 e. The smallest absolute Gasteiger partial charge is 0.234 e. The third-order valence-corrected chi connectivity index (χ3v) is 2.58. The molecule has 2 rings (SSSR count). The number of nitrogens with one attached hydrogen (secondary N) is 1. The Hall–Kier alpha value is -1.80. The quantitative estimate of drug-likeness (QED) is 0.692. The molecule has 0 saturated carbocycles. The SMILES string of the molecule is C#CCNC(=O)CN1CCn2ccnc2C1. The molecule has 1 aromatic rings. The zero-order valence-corrected chi connectivity index (χ0v) is 9.02. The molecule has 2 heterocycles. The maximum atomic E-state index is 11.4. The van der Waals surface area contributed by atoms with Crippen molar-refractivity contribution in [2.24, 2.45) is 0 Å². The molecule has 0 spiro atoms. The van der Waals surface area contributed by atoms with Crippen molar-refractivity contribution in [1.82, 2.24) is 19.8 Å². The molecule has 0 atom stereocenters. The molecular weight excluding hydrogens is 204 g/mol. The number of imidazole rings is 1. The summed E-state index contributed by atoms with van der Waals surface area (Å²) in [6.07, 6.45) is 8.82. The molecule has 0 bridgehead atoms. The van der Waals surface area contributed by atoms with Gasteiger partial charge in [-0.2, -0.15) is 0 Å². The van der Waals surface area contributed by atoms with Crippen molar-refractivity contribution in [2.75, 3.05) is 19.6 Å². The number of fused-ring (bicyclic) bond motifs is 1. The molecule has 0 unspecified atom stereocenters. The summed E-state index contributed by atoms with van der Waals surface area (Å²) in [4.78, 5) is 17.7. The van der Waals surface area contributed by atoms with Crippen LogP contribution in [0.4, 0.5) is 0 Å². The third-order valence-electron chi connectivity index (χ3n) is 2.58. The summed E-state index contributed by atoms with van der Waals surface area (Å²) in [6.45, 7) is 3.15. The van der Waals surface area contributed by atoms with Gasteiger partial charge in [-0.15, -0.1) is 6.42 Å². The lowest BCUT2D eigenvalue weighted by molar-refractivity contribution is -0.122. The van der Waals surface area contributed by atoms with E-state index in [0.717, 1.165) is 25.5 Å². The second kappa shape index (κ2) is 4.81. The minimum absolute atomic E-state index is 0.0297. The zero-order chi connectivity index (χ0) is 11.4. The van der Waals surface area contributed by atoms with Crippen LogP contribution in [0, 0.1) is 12.3 Å². The average Bonchev–Trinajstić information content (AvgIpc) is 2.73. The molecule has 84 valence electrons. The number of carbonyl (C=O) groups is 1. The normalized spacial score (nSPS) is 15.2. The Kier molecular flexibility index (Phi) is 3.22. The molecule has 1 aromatic heterocycles. The molecule has 1 N–H and O–H groups in total. The predicted molar refractivity (Wildman–Crippen MR) is 59.3 cm³/mol. The Morgan fingerprint density at radius 1 is 1.62 bits per heavy atom. The number of hydrogen-bond acceptors (Lipinski definition) is 3. The van der Waals surface area contributed by atoms with Gasteiger partial charge in [-0.3, -0.25) is 9.69 Å². The van der Waals surface area contributed by atoms with Crippen molar-refractivity contribution in [3.8, 4) is 12.3 Å². The number of rotatable bonds is 3. The van der Waals surface area contributed by atoms with Crippen molar-refractivity contribution < 1.29 is 4.79 Å². The average molecular weight is 218 g/mol. The Morgan fingerprint density at radius 3 is 3.31 bits per heavy atom. The van der Waals surface area contributed by atoms with Gasteiger partial charge < -0.3 is 9.88 Å². The first-order chi connectivity index (χ1) is 7.79. The lowest BCUT2D eigenvalue weighted by Crippen LogP contribution is -2.41. The molecule has 1 amide bonds. The summed E-state index contributed by atoms with van der Waals surface area (Å²) in [6, 6.07) is 0. The molecule has 0 radical (unpaired) electrons. The Balaban J connectivity index is 1.85. The zero-order valence-electron chi connectivity index (χ0n) is 9.02. The number of aromatic nitrogens is 2. The molecule has 0 fully saturated rings. The van der Waals surface area contributed by atoms with Crippen LogP contribution in [-0.2, 0) is 17.9 Å². The standard InChI is InChI=1S/C11H14N4O/c1-2-3-13-11(16)9-14-6-7-15-5-4-12-10(15)8-14/h1,4-5H,3,6-9H2,(H,13,16). The van der Waals surface area contributed by atoms with Crippen LogP contribution in [0.15, 0.2) is 12.4 Å². The van der Waals surface area contributed by atoms with Gasteiger partial charge in [0.25, 0.3) is 0 Å². The maximum absolute atomic E-state index is 11.4. The van der Waals surface area contributed by atoms with Gasteiger partial charge in [-0.1, -0.05) is 5.92 Å². The van der Waals surface area contributed by atoms with E-state index in [0.29, 0.717) is 13.1 Å². The maximum Gasteiger partial charge on any atom is 0.234 e. The summed E-state index contributed by atoms with van der Waals surface area (Å²) in [5.74, 6) is 3.36. The monoisotopic (exact) mass is 218 g/mol. The van der Waals surface area contributed by atoms with Gasteiger partial charge >= 0.3 is 0 Å². The van der Waals surface area contributed by atoms with E-state index in [1.54, 1.807) is 6.20 Å². The van der Waals surface area contributed by atoms with E-state index >= 15 is 0 Å². The molecule has 16 heavy (non-hydrogen) atoms. The number of carbonyl (C=O) groups excluding carboxylic acids is 1. The van der Waals surface area contributed by atoms with E-state index < -0.39 is 0 Å². The number of terminal acetylenes is 1. The number of hydrogen-bond donors (Lipinski definition) is 1. The van der Waals surface area contributed by atoms with E-state index in [4.69, 9.17) is 6.42 Å². The predicted octanol–water partition coefficient (Wildman–Crippen LogP) is -0.552. The summed E-state index contributed by atoms with van der Waals surface area (Å²) < 4.78 is 2.11. The lowest BCUT2D eigenvalue weighted by atomic mass is 10.3. The van der Waals surface area contributed by atoms with Crippen molar-refractivity contribution >= 4 is 5.91 Å². The van der Waals surface area contributed by atoms with Crippen LogP contribution in [0.3, 0.4) is 0 Å². The van der Waals surface area contributed by atoms with Gasteiger partial charge in [0.2, 0.25) is 5.91 Å². The van der Waals surface area contributed by atoms with Crippen molar-refractivity contribution in [3.63, 3.8) is 0 Å². The lowest BCUT2D eigenvalue weighted by Gasteiger charge is -2.26. The van der Waals surface area contributed by atoms with Crippen molar-refractivity contribution in [3.05, 3.63) is 18.2 Å². The number of amides is 1. The van der Waals surface area contributed by atoms with Crippen LogP contribution in [0.2, 0.25) is 0 Å². The third kappa shape index (κ3) is 2.41. The topological polar surface area (TPSA) is 50.2 Å². The first-order valence-electron chi connectivity index (χ1n) is 5.22. The van der Waals surface area contributed by atoms with E-state index in [2.05, 4.69) is 25.7 Å². The fourth-order valence-corrected chi connectivity index (χ4v) is 1.77. The molecule has 1 aliphatic rings. The second-order valence-electron chi connectivity index (χ2n) is 3.73. The van der Waals surface area contributed by atoms with Crippen molar-refractivity contribution in [2.45, 2.75) is 13.1 Å². The minimum atomic E-state index is -0.0297. The van der Waals surface area contributed by atoms with E-state index in [9.17, 15) is 4.79 Å². The summed E-state index contributed by atoms with van der Waals surface area (Å²) >= 11 is 0.